The Morgan fingerprint density at radius 3 is 2.33 bits per heavy atom. The van der Waals surface area contributed by atoms with Crippen molar-refractivity contribution < 1.29 is 9.72 Å². The number of nitro benzene ring substituents is 1. The maximum atomic E-state index is 12.8. The van der Waals surface area contributed by atoms with Gasteiger partial charge in [-0.15, -0.1) is 0 Å². The molecule has 196 valence electrons. The molecule has 0 spiro atoms. The summed E-state index contributed by atoms with van der Waals surface area (Å²) in [6.07, 6.45) is 0. The first-order valence-corrected chi connectivity index (χ1v) is 13.4. The minimum atomic E-state index is -0.559. The molecule has 1 aromatic heterocycles. The summed E-state index contributed by atoms with van der Waals surface area (Å²) in [5.41, 5.74) is 4.82. The number of non-ortho nitro benzene ring substituents is 1. The molecule has 9 heteroatoms. The van der Waals surface area contributed by atoms with E-state index >= 15 is 0 Å². The molecule has 0 radical (unpaired) electrons. The van der Waals surface area contributed by atoms with Gasteiger partial charge in [0.2, 0.25) is 5.91 Å². The molecule has 0 fully saturated rings. The lowest BCUT2D eigenvalue weighted by molar-refractivity contribution is -0.384. The average Bonchev–Trinajstić information content (AvgIpc) is 2.92. The fraction of sp³-hybridized carbons (Fsp3) is 0.167. The number of carbonyl (C=O) groups is 1. The van der Waals surface area contributed by atoms with Gasteiger partial charge in [-0.1, -0.05) is 98.7 Å². The number of hydrogen-bond donors (Lipinski definition) is 1. The highest BCUT2D eigenvalue weighted by Gasteiger charge is 2.19. The molecule has 0 unspecified atom stereocenters. The molecule has 1 heterocycles. The van der Waals surface area contributed by atoms with Crippen LogP contribution < -0.4 is 5.32 Å². The summed E-state index contributed by atoms with van der Waals surface area (Å²) < 4.78 is 0. The van der Waals surface area contributed by atoms with Crippen LogP contribution >= 0.6 is 23.4 Å². The number of aromatic nitrogens is 1. The summed E-state index contributed by atoms with van der Waals surface area (Å²) in [4.78, 5) is 27.9. The number of amides is 1. The number of nitriles is 1. The molecule has 3 aromatic carbocycles. The van der Waals surface area contributed by atoms with Gasteiger partial charge < -0.3 is 5.32 Å². The molecule has 0 aliphatic heterocycles. The van der Waals surface area contributed by atoms with E-state index < -0.39 is 4.92 Å². The molecule has 0 aliphatic rings. The van der Waals surface area contributed by atoms with E-state index in [4.69, 9.17) is 16.6 Å². The van der Waals surface area contributed by atoms with E-state index in [1.807, 2.05) is 48.5 Å². The van der Waals surface area contributed by atoms with Crippen molar-refractivity contribution in [3.05, 3.63) is 105 Å². The Labute approximate surface area is 236 Å². The monoisotopic (exact) mass is 556 g/mol. The summed E-state index contributed by atoms with van der Waals surface area (Å²) in [7, 11) is 0. The van der Waals surface area contributed by atoms with Gasteiger partial charge in [-0.05, 0) is 28.7 Å². The van der Waals surface area contributed by atoms with Crippen LogP contribution in [0.3, 0.4) is 0 Å². The van der Waals surface area contributed by atoms with Gasteiger partial charge in [0.1, 0.15) is 11.1 Å². The standard InChI is InChI=1S/C30H25ClN4O3S/c1-30(2,3)21-11-9-19(10-12-21)23-16-27(20-7-5-4-6-8-20)34-29(24(23)17-32)39-18-28(36)33-26-14-13-22(35(37)38)15-25(26)31/h4-16H,18H2,1-3H3,(H,33,36). The number of pyridine rings is 1. The molecule has 39 heavy (non-hydrogen) atoms. The Balaban J connectivity index is 1.66. The summed E-state index contributed by atoms with van der Waals surface area (Å²) in [5.74, 6) is -0.432. The molecular formula is C30H25ClN4O3S. The van der Waals surface area contributed by atoms with Crippen molar-refractivity contribution in [3.63, 3.8) is 0 Å². The van der Waals surface area contributed by atoms with Crippen molar-refractivity contribution in [1.29, 1.82) is 5.26 Å². The van der Waals surface area contributed by atoms with Crippen molar-refractivity contribution in [2.75, 3.05) is 11.1 Å². The van der Waals surface area contributed by atoms with Crippen LogP contribution in [-0.2, 0) is 10.2 Å². The first kappa shape index (κ1) is 27.8. The summed E-state index contributed by atoms with van der Waals surface area (Å²) in [5, 5.41) is 24.2. The average molecular weight is 557 g/mol. The van der Waals surface area contributed by atoms with E-state index in [2.05, 4.69) is 44.3 Å². The summed E-state index contributed by atoms with van der Waals surface area (Å²) >= 11 is 7.26. The molecule has 0 saturated heterocycles. The lowest BCUT2D eigenvalue weighted by Gasteiger charge is -2.19. The van der Waals surface area contributed by atoms with Crippen LogP contribution in [0, 0.1) is 21.4 Å². The number of hydrogen-bond acceptors (Lipinski definition) is 6. The Hall–Kier alpha value is -4.19. The SMILES string of the molecule is CC(C)(C)c1ccc(-c2cc(-c3ccccc3)nc(SCC(=O)Nc3ccc([N+](=O)[O-])cc3Cl)c2C#N)cc1. The maximum absolute atomic E-state index is 12.8. The van der Waals surface area contributed by atoms with E-state index in [0.717, 1.165) is 28.5 Å². The molecule has 1 N–H and O–H groups in total. The minimum absolute atomic E-state index is 0.00896. The third-order valence-electron chi connectivity index (χ3n) is 6.01. The van der Waals surface area contributed by atoms with Crippen molar-refractivity contribution in [2.45, 2.75) is 31.2 Å². The van der Waals surface area contributed by atoms with E-state index in [-0.39, 0.29) is 33.5 Å². The molecule has 0 atom stereocenters. The molecule has 0 aliphatic carbocycles. The number of nitrogens with one attached hydrogen (secondary N) is 1. The fourth-order valence-corrected chi connectivity index (χ4v) is 4.93. The number of halogens is 1. The van der Waals surface area contributed by atoms with Crippen molar-refractivity contribution in [3.8, 4) is 28.5 Å². The second kappa shape index (κ2) is 11.7. The number of nitrogens with zero attached hydrogens (tertiary/aromatic N) is 3. The van der Waals surface area contributed by atoms with Crippen LogP contribution in [0.4, 0.5) is 11.4 Å². The van der Waals surface area contributed by atoms with Gasteiger partial charge in [0.05, 0.1) is 32.6 Å². The Kier molecular flexibility index (Phi) is 8.34. The lowest BCUT2D eigenvalue weighted by atomic mass is 9.86. The van der Waals surface area contributed by atoms with Gasteiger partial charge in [0.25, 0.3) is 5.69 Å². The molecule has 4 rings (SSSR count). The molecule has 0 bridgehead atoms. The Bertz CT molecular complexity index is 1580. The summed E-state index contributed by atoms with van der Waals surface area (Å²) in [6, 6.07) is 25.8. The largest absolute Gasteiger partial charge is 0.324 e. The normalized spacial score (nSPS) is 11.1. The predicted molar refractivity (Wildman–Crippen MR) is 156 cm³/mol. The first-order valence-electron chi connectivity index (χ1n) is 12.0. The van der Waals surface area contributed by atoms with Gasteiger partial charge in [-0.25, -0.2) is 4.98 Å². The van der Waals surface area contributed by atoms with Crippen LogP contribution in [0.5, 0.6) is 0 Å². The predicted octanol–water partition coefficient (Wildman–Crippen LogP) is 7.88. The number of anilines is 1. The molecule has 7 nitrogen and oxygen atoms in total. The lowest BCUT2D eigenvalue weighted by Crippen LogP contribution is -2.14. The Morgan fingerprint density at radius 1 is 1.05 bits per heavy atom. The molecule has 1 amide bonds. The number of thioether (sulfide) groups is 1. The third-order valence-corrected chi connectivity index (χ3v) is 7.30. The van der Waals surface area contributed by atoms with Crippen LogP contribution in [0.15, 0.2) is 83.9 Å². The van der Waals surface area contributed by atoms with Crippen molar-refractivity contribution >= 4 is 40.6 Å². The first-order chi connectivity index (χ1) is 18.6. The van der Waals surface area contributed by atoms with Crippen LogP contribution in [0.2, 0.25) is 5.02 Å². The molecular weight excluding hydrogens is 532 g/mol. The van der Waals surface area contributed by atoms with E-state index in [0.29, 0.717) is 16.3 Å². The quantitative estimate of drug-likeness (QED) is 0.141. The third kappa shape index (κ3) is 6.63. The fourth-order valence-electron chi connectivity index (χ4n) is 3.91. The zero-order valence-electron chi connectivity index (χ0n) is 21.6. The maximum Gasteiger partial charge on any atom is 0.271 e. The minimum Gasteiger partial charge on any atom is -0.324 e. The van der Waals surface area contributed by atoms with E-state index in [1.165, 1.54) is 23.8 Å². The second-order valence-corrected chi connectivity index (χ2v) is 11.2. The summed E-state index contributed by atoms with van der Waals surface area (Å²) in [6.45, 7) is 6.44. The topological polar surface area (TPSA) is 109 Å². The zero-order valence-corrected chi connectivity index (χ0v) is 23.1. The number of benzene rings is 3. The van der Waals surface area contributed by atoms with Gasteiger partial charge in [0, 0.05) is 23.3 Å². The highest BCUT2D eigenvalue weighted by molar-refractivity contribution is 8.00. The van der Waals surface area contributed by atoms with Crippen LogP contribution in [0.1, 0.15) is 31.9 Å². The van der Waals surface area contributed by atoms with Gasteiger partial charge >= 0.3 is 0 Å². The second-order valence-electron chi connectivity index (χ2n) is 9.80. The number of carbonyl (C=O) groups excluding carboxylic acids is 1. The van der Waals surface area contributed by atoms with Gasteiger partial charge in [-0.2, -0.15) is 5.26 Å². The van der Waals surface area contributed by atoms with Crippen LogP contribution in [-0.4, -0.2) is 21.6 Å². The van der Waals surface area contributed by atoms with E-state index in [9.17, 15) is 20.2 Å². The highest BCUT2D eigenvalue weighted by atomic mass is 35.5. The Morgan fingerprint density at radius 2 is 1.74 bits per heavy atom. The zero-order chi connectivity index (χ0) is 28.2. The van der Waals surface area contributed by atoms with Crippen molar-refractivity contribution in [2.24, 2.45) is 0 Å². The van der Waals surface area contributed by atoms with Crippen molar-refractivity contribution in [1.82, 2.24) is 4.98 Å². The van der Waals surface area contributed by atoms with E-state index in [1.54, 1.807) is 0 Å². The molecule has 4 aromatic rings. The molecule has 0 saturated carbocycles. The number of rotatable bonds is 7. The number of nitro groups is 1. The highest BCUT2D eigenvalue weighted by Crippen LogP contribution is 2.35. The smallest absolute Gasteiger partial charge is 0.271 e. The van der Waals surface area contributed by atoms with Gasteiger partial charge in [-0.3, -0.25) is 14.9 Å². The van der Waals surface area contributed by atoms with Gasteiger partial charge in [0.15, 0.2) is 0 Å². The van der Waals surface area contributed by atoms with Crippen LogP contribution in [0.25, 0.3) is 22.4 Å².